The van der Waals surface area contributed by atoms with Gasteiger partial charge < -0.3 is 24.2 Å². The molecule has 1 fully saturated rings. The number of carbonyl (C=O) groups is 3. The number of aliphatic hydroxyl groups is 1. The van der Waals surface area contributed by atoms with Gasteiger partial charge in [0.2, 0.25) is 20.2 Å². The number of benzene rings is 3. The number of rotatable bonds is 8. The second-order valence-corrected chi connectivity index (χ2v) is 16.3. The van der Waals surface area contributed by atoms with Gasteiger partial charge in [0.25, 0.3) is 5.91 Å². The third-order valence-electron chi connectivity index (χ3n) is 9.36. The highest BCUT2D eigenvalue weighted by atomic mass is 28.4. The molecule has 3 aliphatic heterocycles. The fourth-order valence-corrected chi connectivity index (χ4v) is 9.92. The molecule has 0 saturated carbocycles. The summed E-state index contributed by atoms with van der Waals surface area (Å²) in [5.41, 5.74) is 2.32. The summed E-state index contributed by atoms with van der Waals surface area (Å²) in [5.74, 6) is -1.29. The molecule has 3 aromatic carbocycles. The summed E-state index contributed by atoms with van der Waals surface area (Å²) in [6, 6.07) is 22.6. The third-order valence-corrected chi connectivity index (χ3v) is 11.8. The van der Waals surface area contributed by atoms with Crippen molar-refractivity contribution in [3.05, 3.63) is 89.5 Å². The summed E-state index contributed by atoms with van der Waals surface area (Å²) >= 11 is 0. The summed E-state index contributed by atoms with van der Waals surface area (Å²) in [6.07, 6.45) is 0.0550. The first kappa shape index (κ1) is 30.2. The summed E-state index contributed by atoms with van der Waals surface area (Å²) in [5, 5.41) is 12.7. The van der Waals surface area contributed by atoms with Crippen LogP contribution in [0.3, 0.4) is 0 Å². The highest BCUT2D eigenvalue weighted by Crippen LogP contribution is 2.59. The predicted molar refractivity (Wildman–Crippen MR) is 169 cm³/mol. The molecule has 1 saturated heterocycles. The van der Waals surface area contributed by atoms with E-state index in [9.17, 15) is 19.5 Å². The van der Waals surface area contributed by atoms with Crippen molar-refractivity contribution in [2.45, 2.75) is 63.1 Å². The Balaban J connectivity index is 1.36. The quantitative estimate of drug-likeness (QED) is 0.260. The Bertz CT molecular complexity index is 1600. The van der Waals surface area contributed by atoms with E-state index in [-0.39, 0.29) is 31.4 Å². The number of amides is 3. The standard InChI is InChI=1S/C34H38FN3O5Si/c1-22-32(44(2,3)35)29(20-31(41)37(17-18-39)21-23-9-5-4-6-10-23)43-34(22)26-19-25(14-15-27(26)36-33(34)42)38-28-12-8-7-11-24(28)13-16-30(38)40/h4-12,14-15,19,22,29,32,39H,13,16-18,20-21H2,1-3H3,(H,36,42)/t22-,29+,32-,34+/m0/s1. The molecular formula is C34H38FN3O5Si. The number of nitrogens with zero attached hydrogens (tertiary/aromatic N) is 2. The van der Waals surface area contributed by atoms with Crippen LogP contribution < -0.4 is 10.2 Å². The Morgan fingerprint density at radius 3 is 2.55 bits per heavy atom. The van der Waals surface area contributed by atoms with E-state index in [1.807, 2.05) is 67.6 Å². The summed E-state index contributed by atoms with van der Waals surface area (Å²) < 4.78 is 22.8. The van der Waals surface area contributed by atoms with Gasteiger partial charge in [0, 0.05) is 47.9 Å². The van der Waals surface area contributed by atoms with Gasteiger partial charge in [-0.3, -0.25) is 19.3 Å². The Hall–Kier alpha value is -3.86. The molecule has 230 valence electrons. The molecule has 3 aromatic rings. The van der Waals surface area contributed by atoms with Crippen LogP contribution in [0.1, 0.15) is 36.5 Å². The number of hydrogen-bond acceptors (Lipinski definition) is 5. The van der Waals surface area contributed by atoms with E-state index in [4.69, 9.17) is 4.74 Å². The topological polar surface area (TPSA) is 99.2 Å². The van der Waals surface area contributed by atoms with Crippen LogP contribution >= 0.6 is 0 Å². The number of carbonyl (C=O) groups excluding carboxylic acids is 3. The SMILES string of the molecule is C[C@H]1[C@H]([Si](C)(C)F)[C@@H](CC(=O)N(CCO)Cc2ccccc2)O[C@]12C(=O)Nc1ccc(N3C(=O)CCc4ccccc43)cc12. The Labute approximate surface area is 258 Å². The fourth-order valence-electron chi connectivity index (χ4n) is 7.42. The first-order valence-corrected chi connectivity index (χ1v) is 18.2. The molecule has 0 aromatic heterocycles. The molecular weight excluding hydrogens is 577 g/mol. The average molecular weight is 616 g/mol. The maximum Gasteiger partial charge on any atom is 0.261 e. The van der Waals surface area contributed by atoms with Crippen molar-refractivity contribution in [2.24, 2.45) is 5.92 Å². The number of fused-ring (bicyclic) bond motifs is 3. The lowest BCUT2D eigenvalue weighted by Gasteiger charge is -2.32. The van der Waals surface area contributed by atoms with E-state index in [1.54, 1.807) is 35.0 Å². The van der Waals surface area contributed by atoms with Crippen molar-refractivity contribution in [1.82, 2.24) is 4.90 Å². The molecule has 8 nitrogen and oxygen atoms in total. The van der Waals surface area contributed by atoms with E-state index >= 15 is 4.11 Å². The highest BCUT2D eigenvalue weighted by molar-refractivity contribution is 6.72. The van der Waals surface area contributed by atoms with Gasteiger partial charge >= 0.3 is 0 Å². The van der Waals surface area contributed by atoms with E-state index in [0.717, 1.165) is 16.8 Å². The van der Waals surface area contributed by atoms with Gasteiger partial charge in [0.05, 0.1) is 24.8 Å². The number of aryl methyl sites for hydroxylation is 1. The van der Waals surface area contributed by atoms with Gasteiger partial charge in [-0.2, -0.15) is 0 Å². The Morgan fingerprint density at radius 2 is 1.82 bits per heavy atom. The van der Waals surface area contributed by atoms with Crippen molar-refractivity contribution in [1.29, 1.82) is 0 Å². The number of nitrogens with one attached hydrogen (secondary N) is 1. The number of anilines is 3. The zero-order valence-electron chi connectivity index (χ0n) is 25.3. The molecule has 3 amide bonds. The van der Waals surface area contributed by atoms with Crippen LogP contribution in [0.15, 0.2) is 72.8 Å². The minimum absolute atomic E-state index is 0.0450. The average Bonchev–Trinajstić information content (AvgIpc) is 3.45. The van der Waals surface area contributed by atoms with Gasteiger partial charge in [-0.1, -0.05) is 55.5 Å². The molecule has 3 heterocycles. The van der Waals surface area contributed by atoms with Crippen molar-refractivity contribution >= 4 is 43.2 Å². The van der Waals surface area contributed by atoms with Gasteiger partial charge in [0.1, 0.15) is 0 Å². The maximum atomic E-state index is 16.2. The van der Waals surface area contributed by atoms with Crippen LogP contribution in [0.2, 0.25) is 18.6 Å². The normalized spacial score (nSPS) is 24.3. The van der Waals surface area contributed by atoms with E-state index in [1.165, 1.54) is 0 Å². The number of hydrogen-bond donors (Lipinski definition) is 2. The van der Waals surface area contributed by atoms with Crippen molar-refractivity contribution < 1.29 is 28.3 Å². The van der Waals surface area contributed by atoms with Crippen LogP contribution in [0, 0.1) is 5.92 Å². The predicted octanol–water partition coefficient (Wildman–Crippen LogP) is 5.44. The minimum atomic E-state index is -3.48. The summed E-state index contributed by atoms with van der Waals surface area (Å²) in [4.78, 5) is 44.0. The maximum absolute atomic E-state index is 16.2. The smallest absolute Gasteiger partial charge is 0.261 e. The van der Waals surface area contributed by atoms with Crippen LogP contribution in [0.5, 0.6) is 0 Å². The molecule has 44 heavy (non-hydrogen) atoms. The Morgan fingerprint density at radius 1 is 1.09 bits per heavy atom. The van der Waals surface area contributed by atoms with E-state index in [2.05, 4.69) is 5.32 Å². The molecule has 6 rings (SSSR count). The second kappa shape index (κ2) is 11.6. The van der Waals surface area contributed by atoms with Crippen molar-refractivity contribution in [3.8, 4) is 0 Å². The first-order chi connectivity index (χ1) is 21.0. The molecule has 0 unspecified atom stereocenters. The van der Waals surface area contributed by atoms with Crippen LogP contribution in [0.25, 0.3) is 0 Å². The van der Waals surface area contributed by atoms with E-state index < -0.39 is 37.5 Å². The second-order valence-electron chi connectivity index (χ2n) is 12.5. The van der Waals surface area contributed by atoms with Gasteiger partial charge in [-0.25, -0.2) is 0 Å². The zero-order chi connectivity index (χ0) is 31.2. The Kier molecular flexibility index (Phi) is 7.94. The number of aliphatic hydroxyl groups excluding tert-OH is 1. The van der Waals surface area contributed by atoms with Crippen molar-refractivity contribution in [2.75, 3.05) is 23.4 Å². The molecule has 0 bridgehead atoms. The monoisotopic (exact) mass is 615 g/mol. The fraction of sp³-hybridized carbons (Fsp3) is 0.382. The largest absolute Gasteiger partial charge is 0.395 e. The molecule has 0 radical (unpaired) electrons. The zero-order valence-corrected chi connectivity index (χ0v) is 26.3. The summed E-state index contributed by atoms with van der Waals surface area (Å²) in [7, 11) is -3.48. The van der Waals surface area contributed by atoms with Crippen LogP contribution in [0.4, 0.5) is 21.2 Å². The minimum Gasteiger partial charge on any atom is -0.395 e. The lowest BCUT2D eigenvalue weighted by Crippen LogP contribution is -2.42. The number of para-hydroxylation sites is 1. The van der Waals surface area contributed by atoms with Gasteiger partial charge in [-0.05, 0) is 54.9 Å². The highest BCUT2D eigenvalue weighted by Gasteiger charge is 2.65. The number of halogens is 1. The molecule has 4 atom stereocenters. The van der Waals surface area contributed by atoms with E-state index in [0.29, 0.717) is 36.3 Å². The molecule has 0 aliphatic carbocycles. The van der Waals surface area contributed by atoms with Crippen LogP contribution in [-0.2, 0) is 37.7 Å². The molecule has 3 aliphatic rings. The van der Waals surface area contributed by atoms with Gasteiger partial charge in [0.15, 0.2) is 5.60 Å². The number of ether oxygens (including phenoxy) is 1. The summed E-state index contributed by atoms with van der Waals surface area (Å²) in [6.45, 7) is 5.23. The molecule has 1 spiro atoms. The lowest BCUT2D eigenvalue weighted by atomic mass is 9.82. The molecule has 10 heteroatoms. The van der Waals surface area contributed by atoms with Gasteiger partial charge in [-0.15, -0.1) is 0 Å². The lowest BCUT2D eigenvalue weighted by molar-refractivity contribution is -0.148. The third kappa shape index (κ3) is 5.14. The van der Waals surface area contributed by atoms with Crippen LogP contribution in [-0.4, -0.2) is 55.4 Å². The first-order valence-electron chi connectivity index (χ1n) is 15.2. The van der Waals surface area contributed by atoms with Crippen molar-refractivity contribution in [3.63, 3.8) is 0 Å². The molecule has 2 N–H and O–H groups in total.